The molecule has 0 bridgehead atoms. The van der Waals surface area contributed by atoms with Crippen LogP contribution < -0.4 is 5.32 Å². The number of benzene rings is 1. The van der Waals surface area contributed by atoms with Gasteiger partial charge in [0.25, 0.3) is 0 Å². The molecule has 1 saturated carbocycles. The van der Waals surface area contributed by atoms with Crippen LogP contribution in [-0.2, 0) is 12.0 Å². The lowest BCUT2D eigenvalue weighted by atomic mass is 9.98. The Labute approximate surface area is 99.3 Å². The summed E-state index contributed by atoms with van der Waals surface area (Å²) in [5, 5.41) is 3.61. The van der Waals surface area contributed by atoms with Crippen LogP contribution in [0.15, 0.2) is 24.3 Å². The van der Waals surface area contributed by atoms with E-state index in [2.05, 4.69) is 50.4 Å². The van der Waals surface area contributed by atoms with E-state index in [1.807, 2.05) is 0 Å². The SMILES string of the molecule is CCNC1(c2ccc(CC(C)C)cc2)CC1. The molecule has 0 spiro atoms. The van der Waals surface area contributed by atoms with E-state index in [4.69, 9.17) is 0 Å². The summed E-state index contributed by atoms with van der Waals surface area (Å²) in [6.07, 6.45) is 3.78. The highest BCUT2D eigenvalue weighted by molar-refractivity contribution is 5.33. The van der Waals surface area contributed by atoms with Crippen molar-refractivity contribution in [2.75, 3.05) is 6.54 Å². The third kappa shape index (κ3) is 2.46. The van der Waals surface area contributed by atoms with Crippen LogP contribution in [-0.4, -0.2) is 6.54 Å². The summed E-state index contributed by atoms with van der Waals surface area (Å²) >= 11 is 0. The van der Waals surface area contributed by atoms with Crippen molar-refractivity contribution in [1.29, 1.82) is 0 Å². The predicted molar refractivity (Wildman–Crippen MR) is 69.6 cm³/mol. The molecular formula is C15H23N. The van der Waals surface area contributed by atoms with Crippen LogP contribution in [0.3, 0.4) is 0 Å². The van der Waals surface area contributed by atoms with Gasteiger partial charge in [-0.3, -0.25) is 0 Å². The van der Waals surface area contributed by atoms with Gasteiger partial charge in [0, 0.05) is 5.54 Å². The average Bonchev–Trinajstić information content (AvgIpc) is 2.99. The van der Waals surface area contributed by atoms with Crippen molar-refractivity contribution in [1.82, 2.24) is 5.32 Å². The molecule has 1 aromatic carbocycles. The molecule has 0 amide bonds. The van der Waals surface area contributed by atoms with E-state index in [9.17, 15) is 0 Å². The van der Waals surface area contributed by atoms with Crippen molar-refractivity contribution < 1.29 is 0 Å². The van der Waals surface area contributed by atoms with Gasteiger partial charge in [0.1, 0.15) is 0 Å². The van der Waals surface area contributed by atoms with Crippen LogP contribution in [0.4, 0.5) is 0 Å². The minimum Gasteiger partial charge on any atom is -0.308 e. The summed E-state index contributed by atoms with van der Waals surface area (Å²) in [4.78, 5) is 0. The largest absolute Gasteiger partial charge is 0.308 e. The van der Waals surface area contributed by atoms with Crippen LogP contribution in [0.1, 0.15) is 44.7 Å². The van der Waals surface area contributed by atoms with Crippen LogP contribution >= 0.6 is 0 Å². The van der Waals surface area contributed by atoms with Gasteiger partial charge >= 0.3 is 0 Å². The Morgan fingerprint density at radius 1 is 1.19 bits per heavy atom. The van der Waals surface area contributed by atoms with Crippen molar-refractivity contribution in [2.24, 2.45) is 5.92 Å². The maximum Gasteiger partial charge on any atom is 0.0436 e. The summed E-state index contributed by atoms with van der Waals surface area (Å²) in [7, 11) is 0. The van der Waals surface area contributed by atoms with Crippen LogP contribution in [0, 0.1) is 5.92 Å². The molecule has 0 aliphatic heterocycles. The molecule has 16 heavy (non-hydrogen) atoms. The van der Waals surface area contributed by atoms with Gasteiger partial charge in [-0.25, -0.2) is 0 Å². The Morgan fingerprint density at radius 2 is 1.81 bits per heavy atom. The molecule has 0 atom stereocenters. The van der Waals surface area contributed by atoms with Gasteiger partial charge < -0.3 is 5.32 Å². The molecule has 0 aromatic heterocycles. The van der Waals surface area contributed by atoms with Gasteiger partial charge in [0.2, 0.25) is 0 Å². The number of nitrogens with one attached hydrogen (secondary N) is 1. The van der Waals surface area contributed by atoms with Crippen molar-refractivity contribution in [3.05, 3.63) is 35.4 Å². The second-order valence-corrected chi connectivity index (χ2v) is 5.41. The second-order valence-electron chi connectivity index (χ2n) is 5.41. The molecule has 1 N–H and O–H groups in total. The monoisotopic (exact) mass is 217 g/mol. The van der Waals surface area contributed by atoms with Crippen molar-refractivity contribution >= 4 is 0 Å². The Balaban J connectivity index is 2.07. The van der Waals surface area contributed by atoms with Gasteiger partial charge in [-0.15, -0.1) is 0 Å². The zero-order valence-electron chi connectivity index (χ0n) is 10.7. The zero-order valence-corrected chi connectivity index (χ0v) is 10.7. The molecule has 1 nitrogen and oxygen atoms in total. The van der Waals surface area contributed by atoms with Gasteiger partial charge in [-0.1, -0.05) is 45.0 Å². The first-order valence-corrected chi connectivity index (χ1v) is 6.51. The molecule has 1 heteroatoms. The molecule has 1 aliphatic carbocycles. The topological polar surface area (TPSA) is 12.0 Å². The van der Waals surface area contributed by atoms with E-state index in [-0.39, 0.29) is 0 Å². The Kier molecular flexibility index (Phi) is 3.34. The normalized spacial score (nSPS) is 17.8. The summed E-state index contributed by atoms with van der Waals surface area (Å²) in [5.41, 5.74) is 3.26. The van der Waals surface area contributed by atoms with E-state index in [0.717, 1.165) is 12.5 Å². The van der Waals surface area contributed by atoms with Gasteiger partial charge in [-0.2, -0.15) is 0 Å². The lowest BCUT2D eigenvalue weighted by molar-refractivity contribution is 0.539. The summed E-state index contributed by atoms with van der Waals surface area (Å²) < 4.78 is 0. The maximum atomic E-state index is 3.61. The Morgan fingerprint density at radius 3 is 2.25 bits per heavy atom. The maximum absolute atomic E-state index is 3.61. The zero-order chi connectivity index (χ0) is 11.6. The highest BCUT2D eigenvalue weighted by Gasteiger charge is 2.43. The van der Waals surface area contributed by atoms with E-state index < -0.39 is 0 Å². The lowest BCUT2D eigenvalue weighted by Gasteiger charge is -2.17. The van der Waals surface area contributed by atoms with Crippen molar-refractivity contribution in [3.8, 4) is 0 Å². The average molecular weight is 217 g/mol. The Bertz CT molecular complexity index is 333. The Hall–Kier alpha value is -0.820. The molecule has 0 radical (unpaired) electrons. The first-order valence-electron chi connectivity index (χ1n) is 6.51. The quantitative estimate of drug-likeness (QED) is 0.796. The predicted octanol–water partition coefficient (Wildman–Crippen LogP) is 3.48. The molecule has 0 saturated heterocycles. The minimum atomic E-state index is 0.325. The van der Waals surface area contributed by atoms with E-state index in [1.54, 1.807) is 0 Å². The van der Waals surface area contributed by atoms with Crippen LogP contribution in [0.2, 0.25) is 0 Å². The van der Waals surface area contributed by atoms with Crippen molar-refractivity contribution in [2.45, 2.75) is 45.6 Å². The van der Waals surface area contributed by atoms with E-state index in [0.29, 0.717) is 5.54 Å². The molecule has 0 heterocycles. The fourth-order valence-corrected chi connectivity index (χ4v) is 2.46. The number of hydrogen-bond acceptors (Lipinski definition) is 1. The number of hydrogen-bond donors (Lipinski definition) is 1. The van der Waals surface area contributed by atoms with E-state index in [1.165, 1.54) is 30.4 Å². The number of rotatable bonds is 5. The van der Waals surface area contributed by atoms with Crippen molar-refractivity contribution in [3.63, 3.8) is 0 Å². The summed E-state index contributed by atoms with van der Waals surface area (Å²) in [5.74, 6) is 0.745. The highest BCUT2D eigenvalue weighted by atomic mass is 15.0. The summed E-state index contributed by atoms with van der Waals surface area (Å²) in [6, 6.07) is 9.22. The third-order valence-electron chi connectivity index (χ3n) is 3.42. The minimum absolute atomic E-state index is 0.325. The lowest BCUT2D eigenvalue weighted by Crippen LogP contribution is -2.28. The first kappa shape index (κ1) is 11.7. The van der Waals surface area contributed by atoms with E-state index >= 15 is 0 Å². The standard InChI is InChI=1S/C15H23N/c1-4-16-15(9-10-15)14-7-5-13(6-8-14)11-12(2)3/h5-8,12,16H,4,9-11H2,1-3H3. The molecule has 2 rings (SSSR count). The molecule has 0 unspecified atom stereocenters. The molecule has 1 fully saturated rings. The van der Waals surface area contributed by atoms with Gasteiger partial charge in [0.15, 0.2) is 0 Å². The summed E-state index contributed by atoms with van der Waals surface area (Å²) in [6.45, 7) is 7.80. The molecular weight excluding hydrogens is 194 g/mol. The fourth-order valence-electron chi connectivity index (χ4n) is 2.46. The first-order chi connectivity index (χ1) is 7.66. The van der Waals surface area contributed by atoms with Crippen LogP contribution in [0.25, 0.3) is 0 Å². The second kappa shape index (κ2) is 4.58. The highest BCUT2D eigenvalue weighted by Crippen LogP contribution is 2.45. The van der Waals surface area contributed by atoms with Gasteiger partial charge in [-0.05, 0) is 42.9 Å². The molecule has 88 valence electrons. The smallest absolute Gasteiger partial charge is 0.0436 e. The van der Waals surface area contributed by atoms with Gasteiger partial charge in [0.05, 0.1) is 0 Å². The molecule has 1 aliphatic rings. The molecule has 1 aromatic rings. The fraction of sp³-hybridized carbons (Fsp3) is 0.600. The third-order valence-corrected chi connectivity index (χ3v) is 3.42. The van der Waals surface area contributed by atoms with Crippen LogP contribution in [0.5, 0.6) is 0 Å².